The topological polar surface area (TPSA) is 82.4 Å². The SMILES string of the molecule is CCCCCC(C)C.CCCCNc1c(F)cc2c(=N)c(C(=O)NCCC3CCCN3C)cn3c2c1OC1=C3CC2C=CC=CC2=C1. The minimum absolute atomic E-state index is 0.0113. The summed E-state index contributed by atoms with van der Waals surface area (Å²) in [5.74, 6) is 1.33. The molecule has 1 saturated heterocycles. The number of benzene rings is 1. The number of fused-ring (bicyclic) bond motifs is 2. The first-order chi connectivity index (χ1) is 22.7. The Hall–Kier alpha value is -3.65. The molecule has 254 valence electrons. The Morgan fingerprint density at radius 2 is 1.96 bits per heavy atom. The number of hydrogen-bond acceptors (Lipinski definition) is 5. The molecule has 3 heterocycles. The summed E-state index contributed by atoms with van der Waals surface area (Å²) >= 11 is 0. The molecular formula is C39H54FN5O2. The van der Waals surface area contributed by atoms with Gasteiger partial charge in [0, 0.05) is 43.1 Å². The van der Waals surface area contributed by atoms with E-state index in [-0.39, 0.29) is 22.7 Å². The summed E-state index contributed by atoms with van der Waals surface area (Å²) in [7, 11) is 2.12. The summed E-state index contributed by atoms with van der Waals surface area (Å²) in [4.78, 5) is 15.7. The molecule has 2 unspecified atom stereocenters. The number of rotatable bonds is 12. The first-order valence-corrected chi connectivity index (χ1v) is 17.9. The second-order valence-corrected chi connectivity index (χ2v) is 13.8. The van der Waals surface area contributed by atoms with Crippen LogP contribution < -0.4 is 20.7 Å². The van der Waals surface area contributed by atoms with Crippen molar-refractivity contribution in [1.82, 2.24) is 14.8 Å². The van der Waals surface area contributed by atoms with E-state index in [4.69, 9.17) is 10.1 Å². The van der Waals surface area contributed by atoms with Gasteiger partial charge in [-0.05, 0) is 62.9 Å². The molecule has 47 heavy (non-hydrogen) atoms. The average Bonchev–Trinajstić information content (AvgIpc) is 3.47. The fraction of sp³-hybridized carbons (Fsp3) is 0.538. The molecule has 0 radical (unpaired) electrons. The third kappa shape index (κ3) is 7.91. The molecule has 2 atom stereocenters. The van der Waals surface area contributed by atoms with Crippen molar-refractivity contribution in [2.45, 2.75) is 97.9 Å². The number of amides is 1. The number of anilines is 1. The first kappa shape index (κ1) is 34.7. The lowest BCUT2D eigenvalue weighted by molar-refractivity contribution is 0.0948. The van der Waals surface area contributed by atoms with Crippen LogP contribution in [0.25, 0.3) is 16.6 Å². The molecule has 7 nitrogen and oxygen atoms in total. The van der Waals surface area contributed by atoms with Gasteiger partial charge in [0.05, 0.1) is 16.6 Å². The maximum Gasteiger partial charge on any atom is 0.254 e. The van der Waals surface area contributed by atoms with E-state index in [2.05, 4.69) is 62.4 Å². The normalized spacial score (nSPS) is 19.6. The minimum Gasteiger partial charge on any atom is -0.451 e. The Bertz CT molecular complexity index is 1630. The highest BCUT2D eigenvalue weighted by Crippen LogP contribution is 2.46. The number of likely N-dealkylation sites (tertiary alicyclic amines) is 1. The van der Waals surface area contributed by atoms with Gasteiger partial charge in [-0.3, -0.25) is 10.2 Å². The second-order valence-electron chi connectivity index (χ2n) is 13.8. The third-order valence-corrected chi connectivity index (χ3v) is 9.81. The van der Waals surface area contributed by atoms with Crippen molar-refractivity contribution in [3.8, 4) is 5.75 Å². The molecule has 2 aliphatic heterocycles. The van der Waals surface area contributed by atoms with E-state index in [1.165, 1.54) is 38.2 Å². The standard InChI is InChI=1S/C31H36FN5O2.C8H18/c1-3-4-12-34-28-24(32)17-22-27(33)23(31(38)35-13-11-21-10-7-14-36(21)2)18-37-25-15-19-8-5-6-9-20(19)16-26(25)39-30(28)29(22)37;1-4-5-6-7-8(2)3/h5-6,8-9,16-19,21,33-34H,3-4,7,10-15H2,1-2H3,(H,35,38);8H,4-7H2,1-3H3. The van der Waals surface area contributed by atoms with Crippen LogP contribution in [0.3, 0.4) is 0 Å². The van der Waals surface area contributed by atoms with Gasteiger partial charge in [0.2, 0.25) is 0 Å². The molecule has 0 spiro atoms. The molecule has 1 aromatic carbocycles. The number of pyridine rings is 1. The van der Waals surface area contributed by atoms with Crippen molar-refractivity contribution >= 4 is 28.2 Å². The molecule has 1 fully saturated rings. The Morgan fingerprint density at radius 1 is 1.15 bits per heavy atom. The number of ether oxygens (including phenoxy) is 1. The van der Waals surface area contributed by atoms with Gasteiger partial charge in [-0.1, -0.05) is 84.1 Å². The van der Waals surface area contributed by atoms with E-state index >= 15 is 4.39 Å². The van der Waals surface area contributed by atoms with E-state index in [1.54, 1.807) is 6.20 Å². The minimum atomic E-state index is -0.485. The van der Waals surface area contributed by atoms with Crippen LogP contribution in [0.5, 0.6) is 5.75 Å². The van der Waals surface area contributed by atoms with Crippen LogP contribution in [0.15, 0.2) is 54.0 Å². The highest BCUT2D eigenvalue weighted by Gasteiger charge is 2.32. The molecular weight excluding hydrogens is 589 g/mol. The van der Waals surface area contributed by atoms with Gasteiger partial charge in [0.15, 0.2) is 11.6 Å². The summed E-state index contributed by atoms with van der Waals surface area (Å²) in [5.41, 5.74) is 3.21. The molecule has 2 aliphatic carbocycles. The van der Waals surface area contributed by atoms with Gasteiger partial charge >= 0.3 is 0 Å². The highest BCUT2D eigenvalue weighted by molar-refractivity contribution is 6.01. The maximum atomic E-state index is 15.6. The Kier molecular flexibility index (Phi) is 11.8. The van der Waals surface area contributed by atoms with Crippen LogP contribution in [0.4, 0.5) is 10.1 Å². The summed E-state index contributed by atoms with van der Waals surface area (Å²) in [6.07, 6.45) is 23.4. The lowest BCUT2D eigenvalue weighted by Gasteiger charge is -2.33. The summed E-state index contributed by atoms with van der Waals surface area (Å²) in [5, 5.41) is 15.6. The number of allylic oxidation sites excluding steroid dienone is 7. The Morgan fingerprint density at radius 3 is 2.68 bits per heavy atom. The van der Waals surface area contributed by atoms with Gasteiger partial charge in [-0.15, -0.1) is 0 Å². The predicted molar refractivity (Wildman–Crippen MR) is 191 cm³/mol. The van der Waals surface area contributed by atoms with Crippen LogP contribution in [0.2, 0.25) is 0 Å². The number of carbonyl (C=O) groups is 1. The zero-order valence-corrected chi connectivity index (χ0v) is 29.1. The molecule has 2 aromatic rings. The van der Waals surface area contributed by atoms with Gasteiger partial charge in [-0.25, -0.2) is 4.39 Å². The van der Waals surface area contributed by atoms with Gasteiger partial charge in [-0.2, -0.15) is 0 Å². The van der Waals surface area contributed by atoms with Crippen molar-refractivity contribution in [3.05, 3.63) is 70.7 Å². The number of halogens is 1. The van der Waals surface area contributed by atoms with Crippen LogP contribution in [0, 0.1) is 23.1 Å². The molecule has 6 rings (SSSR count). The largest absolute Gasteiger partial charge is 0.451 e. The Balaban J connectivity index is 0.000000483. The molecule has 4 aliphatic rings. The lowest BCUT2D eigenvalue weighted by atomic mass is 9.85. The molecule has 0 bridgehead atoms. The first-order valence-electron chi connectivity index (χ1n) is 17.9. The van der Waals surface area contributed by atoms with E-state index in [9.17, 15) is 4.79 Å². The van der Waals surface area contributed by atoms with Crippen LogP contribution in [0.1, 0.15) is 102 Å². The van der Waals surface area contributed by atoms with Crippen LogP contribution in [-0.4, -0.2) is 48.1 Å². The number of nitrogens with one attached hydrogen (secondary N) is 3. The lowest BCUT2D eigenvalue weighted by Crippen LogP contribution is -2.34. The molecule has 8 heteroatoms. The van der Waals surface area contributed by atoms with Crippen LogP contribution >= 0.6 is 0 Å². The average molecular weight is 644 g/mol. The van der Waals surface area contributed by atoms with Crippen LogP contribution in [-0.2, 0) is 0 Å². The third-order valence-electron chi connectivity index (χ3n) is 9.81. The molecule has 0 saturated carbocycles. The number of nitrogens with zero attached hydrogens (tertiary/aromatic N) is 2. The van der Waals surface area contributed by atoms with Crippen molar-refractivity contribution in [2.75, 3.05) is 32.0 Å². The number of unbranched alkanes of at least 4 members (excludes halogenated alkanes) is 3. The van der Waals surface area contributed by atoms with E-state index in [0.29, 0.717) is 53.7 Å². The maximum absolute atomic E-state index is 15.6. The molecule has 3 N–H and O–H groups in total. The zero-order valence-electron chi connectivity index (χ0n) is 29.1. The smallest absolute Gasteiger partial charge is 0.254 e. The predicted octanol–water partition coefficient (Wildman–Crippen LogP) is 8.54. The van der Waals surface area contributed by atoms with Gasteiger partial charge in [0.1, 0.15) is 17.0 Å². The van der Waals surface area contributed by atoms with E-state index < -0.39 is 5.82 Å². The molecule has 1 amide bonds. The zero-order chi connectivity index (χ0) is 33.5. The van der Waals surface area contributed by atoms with Crippen molar-refractivity contribution in [2.24, 2.45) is 11.8 Å². The monoisotopic (exact) mass is 643 g/mol. The summed E-state index contributed by atoms with van der Waals surface area (Å²) in [6, 6.07) is 1.84. The quantitative estimate of drug-likeness (QED) is 0.203. The number of carbonyl (C=O) groups excluding carboxylic acids is 1. The van der Waals surface area contributed by atoms with E-state index in [1.807, 2.05) is 22.8 Å². The Labute approximate surface area is 280 Å². The fourth-order valence-corrected chi connectivity index (χ4v) is 6.98. The van der Waals surface area contributed by atoms with Crippen molar-refractivity contribution in [3.63, 3.8) is 0 Å². The summed E-state index contributed by atoms with van der Waals surface area (Å²) in [6.45, 7) is 11.2. The molecule has 1 aromatic heterocycles. The van der Waals surface area contributed by atoms with E-state index in [0.717, 1.165) is 49.4 Å². The second kappa shape index (κ2) is 16.0. The fourth-order valence-electron chi connectivity index (χ4n) is 6.98. The highest BCUT2D eigenvalue weighted by atomic mass is 19.1. The van der Waals surface area contributed by atoms with Crippen molar-refractivity contribution in [1.29, 1.82) is 5.41 Å². The number of aromatic nitrogens is 1. The van der Waals surface area contributed by atoms with Gasteiger partial charge in [0.25, 0.3) is 5.91 Å². The van der Waals surface area contributed by atoms with Crippen molar-refractivity contribution < 1.29 is 13.9 Å². The summed E-state index contributed by atoms with van der Waals surface area (Å²) < 4.78 is 24.0. The van der Waals surface area contributed by atoms with Gasteiger partial charge < -0.3 is 24.8 Å². The number of hydrogen-bond donors (Lipinski definition) is 3.